The first-order valence-corrected chi connectivity index (χ1v) is 7.76. The second-order valence-electron chi connectivity index (χ2n) is 6.42. The third-order valence-electron chi connectivity index (χ3n) is 4.22. The van der Waals surface area contributed by atoms with Gasteiger partial charge in [0.1, 0.15) is 5.54 Å². The van der Waals surface area contributed by atoms with Crippen LogP contribution in [0, 0.1) is 5.92 Å². The monoisotopic (exact) mass is 290 g/mol. The van der Waals surface area contributed by atoms with Crippen LogP contribution < -0.4 is 5.32 Å². The van der Waals surface area contributed by atoms with Crippen molar-refractivity contribution in [2.75, 3.05) is 19.6 Å². The molecule has 0 unspecified atom stereocenters. The second-order valence-corrected chi connectivity index (χ2v) is 6.42. The predicted molar refractivity (Wildman–Crippen MR) is 84.2 cm³/mol. The third kappa shape index (κ3) is 4.29. The number of piperidine rings is 1. The first-order chi connectivity index (χ1) is 10.0. The normalized spacial score (nSPS) is 18.8. The van der Waals surface area contributed by atoms with Gasteiger partial charge >= 0.3 is 5.97 Å². The molecule has 116 valence electrons. The van der Waals surface area contributed by atoms with Crippen molar-refractivity contribution in [1.29, 1.82) is 0 Å². The summed E-state index contributed by atoms with van der Waals surface area (Å²) in [6, 6.07) is 10.4. The molecule has 1 aromatic rings. The van der Waals surface area contributed by atoms with E-state index >= 15 is 0 Å². The lowest BCUT2D eigenvalue weighted by atomic mass is 9.87. The number of hydrogen-bond acceptors (Lipinski definition) is 3. The maximum Gasteiger partial charge on any atom is 0.323 e. The van der Waals surface area contributed by atoms with Crippen LogP contribution in [0.3, 0.4) is 0 Å². The SMILES string of the molecule is CC(C)CNC1(C(=O)O)CCN(Cc2ccccc2)CC1. The van der Waals surface area contributed by atoms with E-state index in [1.54, 1.807) is 0 Å². The largest absolute Gasteiger partial charge is 0.480 e. The molecule has 2 rings (SSSR count). The van der Waals surface area contributed by atoms with Crippen LogP contribution in [-0.2, 0) is 11.3 Å². The lowest BCUT2D eigenvalue weighted by molar-refractivity contribution is -0.147. The number of benzene rings is 1. The van der Waals surface area contributed by atoms with Gasteiger partial charge in [-0.3, -0.25) is 9.69 Å². The first-order valence-electron chi connectivity index (χ1n) is 7.76. The van der Waals surface area contributed by atoms with E-state index in [4.69, 9.17) is 0 Å². The Balaban J connectivity index is 1.91. The van der Waals surface area contributed by atoms with Crippen molar-refractivity contribution in [3.8, 4) is 0 Å². The molecule has 0 amide bonds. The molecule has 4 nitrogen and oxygen atoms in total. The van der Waals surface area contributed by atoms with Crippen LogP contribution in [0.5, 0.6) is 0 Å². The molecule has 0 atom stereocenters. The van der Waals surface area contributed by atoms with E-state index in [-0.39, 0.29) is 0 Å². The molecular weight excluding hydrogens is 264 g/mol. The van der Waals surface area contributed by atoms with Crippen molar-refractivity contribution >= 4 is 5.97 Å². The van der Waals surface area contributed by atoms with E-state index in [0.717, 1.165) is 26.2 Å². The van der Waals surface area contributed by atoms with Gasteiger partial charge in [-0.2, -0.15) is 0 Å². The summed E-state index contributed by atoms with van der Waals surface area (Å²) in [5.74, 6) is -0.244. The lowest BCUT2D eigenvalue weighted by Crippen LogP contribution is -2.58. The molecule has 1 aliphatic rings. The first kappa shape index (κ1) is 16.0. The summed E-state index contributed by atoms with van der Waals surface area (Å²) >= 11 is 0. The highest BCUT2D eigenvalue weighted by molar-refractivity contribution is 5.79. The zero-order valence-electron chi connectivity index (χ0n) is 13.0. The summed E-state index contributed by atoms with van der Waals surface area (Å²) in [6.07, 6.45) is 1.34. The molecule has 1 saturated heterocycles. The lowest BCUT2D eigenvalue weighted by Gasteiger charge is -2.40. The Labute approximate surface area is 127 Å². The van der Waals surface area contributed by atoms with Crippen LogP contribution in [0.2, 0.25) is 0 Å². The van der Waals surface area contributed by atoms with Crippen molar-refractivity contribution in [1.82, 2.24) is 10.2 Å². The summed E-state index contributed by atoms with van der Waals surface area (Å²) in [7, 11) is 0. The van der Waals surface area contributed by atoms with E-state index in [0.29, 0.717) is 18.8 Å². The molecule has 21 heavy (non-hydrogen) atoms. The molecule has 1 heterocycles. The number of carboxylic acid groups (broad SMARTS) is 1. The zero-order chi connectivity index (χ0) is 15.3. The van der Waals surface area contributed by atoms with Gasteiger partial charge in [0.25, 0.3) is 0 Å². The summed E-state index contributed by atoms with van der Waals surface area (Å²) in [4.78, 5) is 14.0. The molecule has 0 bridgehead atoms. The Morgan fingerprint density at radius 2 is 1.90 bits per heavy atom. The molecule has 0 aliphatic carbocycles. The maximum absolute atomic E-state index is 11.7. The number of nitrogens with zero attached hydrogens (tertiary/aromatic N) is 1. The Morgan fingerprint density at radius 3 is 2.43 bits per heavy atom. The third-order valence-corrected chi connectivity index (χ3v) is 4.22. The molecule has 0 aromatic heterocycles. The van der Waals surface area contributed by atoms with Crippen LogP contribution in [0.25, 0.3) is 0 Å². The summed E-state index contributed by atoms with van der Waals surface area (Å²) in [5.41, 5.74) is 0.549. The van der Waals surface area contributed by atoms with Crippen LogP contribution in [0.15, 0.2) is 30.3 Å². The van der Waals surface area contributed by atoms with Crippen molar-refractivity contribution in [3.63, 3.8) is 0 Å². The molecule has 0 radical (unpaired) electrons. The van der Waals surface area contributed by atoms with Gasteiger partial charge < -0.3 is 10.4 Å². The molecule has 0 spiro atoms. The van der Waals surface area contributed by atoms with Crippen molar-refractivity contribution in [3.05, 3.63) is 35.9 Å². The standard InChI is InChI=1S/C17H26N2O2/c1-14(2)12-18-17(16(20)21)8-10-19(11-9-17)13-15-6-4-3-5-7-15/h3-7,14,18H,8-13H2,1-2H3,(H,20,21). The van der Waals surface area contributed by atoms with Crippen molar-refractivity contribution in [2.45, 2.75) is 38.8 Å². The average molecular weight is 290 g/mol. The van der Waals surface area contributed by atoms with E-state index in [2.05, 4.69) is 36.2 Å². The van der Waals surface area contributed by atoms with Gasteiger partial charge in [-0.25, -0.2) is 0 Å². The van der Waals surface area contributed by atoms with Gasteiger partial charge in [0.05, 0.1) is 0 Å². The molecule has 1 aromatic carbocycles. The summed E-state index contributed by atoms with van der Waals surface area (Å²) < 4.78 is 0. The van der Waals surface area contributed by atoms with E-state index in [1.165, 1.54) is 5.56 Å². The van der Waals surface area contributed by atoms with Gasteiger partial charge in [-0.05, 0) is 30.9 Å². The van der Waals surface area contributed by atoms with Crippen LogP contribution >= 0.6 is 0 Å². The average Bonchev–Trinajstić information content (AvgIpc) is 2.47. The van der Waals surface area contributed by atoms with E-state index in [1.807, 2.05) is 18.2 Å². The Kier molecular flexibility index (Phi) is 5.37. The Morgan fingerprint density at radius 1 is 1.29 bits per heavy atom. The number of aliphatic carboxylic acids is 1. The predicted octanol–water partition coefficient (Wildman–Crippen LogP) is 2.35. The van der Waals surface area contributed by atoms with Gasteiger partial charge in [-0.15, -0.1) is 0 Å². The molecule has 4 heteroatoms. The van der Waals surface area contributed by atoms with Gasteiger partial charge in [0.2, 0.25) is 0 Å². The fourth-order valence-corrected chi connectivity index (χ4v) is 2.80. The molecule has 2 N–H and O–H groups in total. The topological polar surface area (TPSA) is 52.6 Å². The highest BCUT2D eigenvalue weighted by Crippen LogP contribution is 2.24. The highest BCUT2D eigenvalue weighted by Gasteiger charge is 2.41. The summed E-state index contributed by atoms with van der Waals surface area (Å²) in [6.45, 7) is 7.52. The minimum atomic E-state index is -0.739. The number of hydrogen-bond donors (Lipinski definition) is 2. The van der Waals surface area contributed by atoms with Crippen molar-refractivity contribution in [2.24, 2.45) is 5.92 Å². The number of likely N-dealkylation sites (tertiary alicyclic amines) is 1. The smallest absolute Gasteiger partial charge is 0.323 e. The molecule has 0 saturated carbocycles. The Hall–Kier alpha value is -1.39. The second kappa shape index (κ2) is 7.05. The zero-order valence-corrected chi connectivity index (χ0v) is 13.0. The summed E-state index contributed by atoms with van der Waals surface area (Å²) in [5, 5.41) is 12.9. The number of nitrogens with one attached hydrogen (secondary N) is 1. The molecule has 1 aliphatic heterocycles. The van der Waals surface area contributed by atoms with Crippen LogP contribution in [0.4, 0.5) is 0 Å². The van der Waals surface area contributed by atoms with Crippen LogP contribution in [0.1, 0.15) is 32.3 Å². The van der Waals surface area contributed by atoms with Gasteiger partial charge in [0, 0.05) is 19.6 Å². The number of carboxylic acids is 1. The fourth-order valence-electron chi connectivity index (χ4n) is 2.80. The minimum absolute atomic E-state index is 0.462. The van der Waals surface area contributed by atoms with Crippen molar-refractivity contribution < 1.29 is 9.90 Å². The fraction of sp³-hybridized carbons (Fsp3) is 0.588. The van der Waals surface area contributed by atoms with Gasteiger partial charge in [0.15, 0.2) is 0 Å². The van der Waals surface area contributed by atoms with E-state index < -0.39 is 11.5 Å². The quantitative estimate of drug-likeness (QED) is 0.844. The Bertz CT molecular complexity index is 451. The number of rotatable bonds is 6. The van der Waals surface area contributed by atoms with Gasteiger partial charge in [-0.1, -0.05) is 44.2 Å². The van der Waals surface area contributed by atoms with E-state index in [9.17, 15) is 9.90 Å². The molecule has 1 fully saturated rings. The van der Waals surface area contributed by atoms with Crippen LogP contribution in [-0.4, -0.2) is 41.1 Å². The minimum Gasteiger partial charge on any atom is -0.480 e. The molecular formula is C17H26N2O2. The highest BCUT2D eigenvalue weighted by atomic mass is 16.4. The number of carbonyl (C=O) groups is 1. The maximum atomic E-state index is 11.7.